The van der Waals surface area contributed by atoms with Crippen molar-refractivity contribution in [3.8, 4) is 11.5 Å². The average molecular weight is 423 g/mol. The van der Waals surface area contributed by atoms with Gasteiger partial charge in [0, 0.05) is 18.3 Å². The van der Waals surface area contributed by atoms with E-state index in [0.29, 0.717) is 23.6 Å². The molecule has 0 amide bonds. The summed E-state index contributed by atoms with van der Waals surface area (Å²) in [5, 5.41) is 0.213. The minimum atomic E-state index is -2.73. The Kier molecular flexibility index (Phi) is 6.68. The van der Waals surface area contributed by atoms with E-state index in [-0.39, 0.29) is 28.9 Å². The molecule has 0 saturated carbocycles. The Morgan fingerprint density at radius 1 is 1.14 bits per heavy atom. The molecule has 154 valence electrons. The van der Waals surface area contributed by atoms with Gasteiger partial charge in [-0.15, -0.1) is 0 Å². The van der Waals surface area contributed by atoms with Crippen LogP contribution in [0.4, 0.5) is 13.2 Å². The fourth-order valence-electron chi connectivity index (χ4n) is 2.94. The summed E-state index contributed by atoms with van der Waals surface area (Å²) >= 11 is 1.15. The summed E-state index contributed by atoms with van der Waals surface area (Å²) in [6.45, 7) is 0.466. The van der Waals surface area contributed by atoms with Gasteiger partial charge < -0.3 is 14.4 Å². The summed E-state index contributed by atoms with van der Waals surface area (Å²) in [6.07, 6.45) is 1.99. The zero-order valence-corrected chi connectivity index (χ0v) is 17.0. The molecule has 2 aromatic rings. The molecule has 5 nitrogen and oxygen atoms in total. The first-order valence-corrected chi connectivity index (χ1v) is 9.90. The van der Waals surface area contributed by atoms with Gasteiger partial charge in [0.2, 0.25) is 0 Å². The molecule has 1 aromatic heterocycles. The number of aromatic nitrogens is 2. The number of nitrogens with zero attached hydrogens (tertiary/aromatic N) is 3. The summed E-state index contributed by atoms with van der Waals surface area (Å²) in [7, 11) is 3.09. The second kappa shape index (κ2) is 9.21. The van der Waals surface area contributed by atoms with E-state index in [1.165, 1.54) is 12.1 Å². The third kappa shape index (κ3) is 5.03. The first-order valence-electron chi connectivity index (χ1n) is 8.67. The smallest absolute Gasteiger partial charge is 0.280 e. The van der Waals surface area contributed by atoms with E-state index < -0.39 is 6.43 Å². The van der Waals surface area contributed by atoms with Crippen LogP contribution in [0.5, 0.6) is 11.5 Å². The standard InChI is InChI=1S/C20H20F3N3O2S/c1-27-17-5-4-12(6-18(17)28-2)9-26-10-13(7-14(21)11-26)15-8-16(19(22)23)25-20(24-15)29-3/h4-8,10,19H,9,11H2,1-3H3. The lowest BCUT2D eigenvalue weighted by Gasteiger charge is -2.25. The molecule has 29 heavy (non-hydrogen) atoms. The highest BCUT2D eigenvalue weighted by atomic mass is 32.2. The molecule has 0 aliphatic carbocycles. The van der Waals surface area contributed by atoms with E-state index in [9.17, 15) is 13.2 Å². The topological polar surface area (TPSA) is 47.5 Å². The van der Waals surface area contributed by atoms with Crippen LogP contribution in [-0.4, -0.2) is 41.9 Å². The van der Waals surface area contributed by atoms with Gasteiger partial charge in [-0.05, 0) is 36.1 Å². The lowest BCUT2D eigenvalue weighted by molar-refractivity contribution is 0.145. The van der Waals surface area contributed by atoms with E-state index in [4.69, 9.17) is 9.47 Å². The van der Waals surface area contributed by atoms with E-state index >= 15 is 0 Å². The van der Waals surface area contributed by atoms with Crippen molar-refractivity contribution in [3.63, 3.8) is 0 Å². The lowest BCUT2D eigenvalue weighted by Crippen LogP contribution is -2.22. The van der Waals surface area contributed by atoms with Gasteiger partial charge in [0.05, 0.1) is 26.5 Å². The molecule has 0 radical (unpaired) electrons. The van der Waals surface area contributed by atoms with Crippen molar-refractivity contribution in [3.05, 3.63) is 59.3 Å². The van der Waals surface area contributed by atoms with Crippen molar-refractivity contribution in [2.24, 2.45) is 0 Å². The Balaban J connectivity index is 1.90. The van der Waals surface area contributed by atoms with Crippen molar-refractivity contribution in [1.29, 1.82) is 0 Å². The van der Waals surface area contributed by atoms with Gasteiger partial charge in [-0.3, -0.25) is 0 Å². The third-order valence-electron chi connectivity index (χ3n) is 4.25. The molecule has 0 N–H and O–H groups in total. The molecular formula is C20H20F3N3O2S. The predicted molar refractivity (Wildman–Crippen MR) is 106 cm³/mol. The molecule has 0 spiro atoms. The van der Waals surface area contributed by atoms with Crippen LogP contribution in [0.2, 0.25) is 0 Å². The molecule has 0 bridgehead atoms. The second-order valence-electron chi connectivity index (χ2n) is 6.24. The molecule has 2 heterocycles. The van der Waals surface area contributed by atoms with Crippen LogP contribution in [-0.2, 0) is 6.54 Å². The van der Waals surface area contributed by atoms with Crippen LogP contribution in [0, 0.1) is 0 Å². The molecule has 0 fully saturated rings. The van der Waals surface area contributed by atoms with Crippen LogP contribution >= 0.6 is 11.8 Å². The molecule has 3 rings (SSSR count). The minimum absolute atomic E-state index is 0.0695. The number of methoxy groups -OCH3 is 2. The maximum absolute atomic E-state index is 14.3. The van der Waals surface area contributed by atoms with E-state index in [1.54, 1.807) is 37.6 Å². The molecule has 1 aliphatic rings. The van der Waals surface area contributed by atoms with Crippen LogP contribution in [0.25, 0.3) is 5.57 Å². The normalized spacial score (nSPS) is 14.0. The predicted octanol–water partition coefficient (Wildman–Crippen LogP) is 4.86. The zero-order valence-electron chi connectivity index (χ0n) is 16.2. The summed E-state index contributed by atoms with van der Waals surface area (Å²) in [6, 6.07) is 6.64. The van der Waals surface area contributed by atoms with Gasteiger partial charge in [-0.25, -0.2) is 23.1 Å². The number of thioether (sulfide) groups is 1. The Morgan fingerprint density at radius 3 is 2.55 bits per heavy atom. The van der Waals surface area contributed by atoms with Crippen molar-refractivity contribution < 1.29 is 22.6 Å². The van der Waals surface area contributed by atoms with Gasteiger partial charge >= 0.3 is 0 Å². The van der Waals surface area contributed by atoms with Crippen LogP contribution in [0.15, 0.2) is 47.5 Å². The highest BCUT2D eigenvalue weighted by Crippen LogP contribution is 2.30. The number of benzene rings is 1. The number of hydrogen-bond acceptors (Lipinski definition) is 6. The fraction of sp³-hybridized carbons (Fsp3) is 0.300. The molecule has 0 unspecified atom stereocenters. The third-order valence-corrected chi connectivity index (χ3v) is 4.80. The highest BCUT2D eigenvalue weighted by molar-refractivity contribution is 7.98. The fourth-order valence-corrected chi connectivity index (χ4v) is 3.32. The molecule has 1 aliphatic heterocycles. The average Bonchev–Trinajstić information content (AvgIpc) is 2.72. The maximum atomic E-state index is 14.3. The Bertz CT molecular complexity index is 951. The van der Waals surface area contributed by atoms with Gasteiger partial charge in [-0.1, -0.05) is 17.8 Å². The van der Waals surface area contributed by atoms with Gasteiger partial charge in [-0.2, -0.15) is 0 Å². The number of halogens is 3. The summed E-state index contributed by atoms with van der Waals surface area (Å²) in [4.78, 5) is 9.81. The highest BCUT2D eigenvalue weighted by Gasteiger charge is 2.19. The molecule has 0 atom stereocenters. The Morgan fingerprint density at radius 2 is 1.90 bits per heavy atom. The van der Waals surface area contributed by atoms with Crippen molar-refractivity contribution in [2.45, 2.75) is 18.1 Å². The van der Waals surface area contributed by atoms with Gasteiger partial charge in [0.15, 0.2) is 16.7 Å². The monoisotopic (exact) mass is 423 g/mol. The number of rotatable bonds is 7. The second-order valence-corrected chi connectivity index (χ2v) is 7.01. The first-order chi connectivity index (χ1) is 13.9. The van der Waals surface area contributed by atoms with Crippen molar-refractivity contribution >= 4 is 17.3 Å². The zero-order chi connectivity index (χ0) is 21.0. The van der Waals surface area contributed by atoms with Crippen LogP contribution < -0.4 is 9.47 Å². The number of hydrogen-bond donors (Lipinski definition) is 0. The number of alkyl halides is 2. The quantitative estimate of drug-likeness (QED) is 0.468. The van der Waals surface area contributed by atoms with Crippen molar-refractivity contribution in [1.82, 2.24) is 14.9 Å². The summed E-state index contributed by atoms with van der Waals surface area (Å²) < 4.78 is 51.2. The lowest BCUT2D eigenvalue weighted by atomic mass is 10.1. The van der Waals surface area contributed by atoms with Crippen molar-refractivity contribution in [2.75, 3.05) is 27.0 Å². The van der Waals surface area contributed by atoms with E-state index in [0.717, 1.165) is 17.3 Å². The molecule has 1 aromatic carbocycles. The Labute approximate surface area is 171 Å². The van der Waals surface area contributed by atoms with Gasteiger partial charge in [0.25, 0.3) is 6.43 Å². The summed E-state index contributed by atoms with van der Waals surface area (Å²) in [5.74, 6) is 0.789. The van der Waals surface area contributed by atoms with Crippen LogP contribution in [0.1, 0.15) is 23.4 Å². The van der Waals surface area contributed by atoms with Gasteiger partial charge in [0.1, 0.15) is 11.5 Å². The maximum Gasteiger partial charge on any atom is 0.280 e. The first kappa shape index (κ1) is 21.0. The van der Waals surface area contributed by atoms with E-state index in [2.05, 4.69) is 9.97 Å². The number of ether oxygens (including phenoxy) is 2. The Hall–Kier alpha value is -2.68. The molecular weight excluding hydrogens is 403 g/mol. The van der Waals surface area contributed by atoms with Crippen LogP contribution in [0.3, 0.4) is 0 Å². The number of allylic oxidation sites excluding steroid dienone is 2. The largest absolute Gasteiger partial charge is 0.493 e. The molecule has 0 saturated heterocycles. The van der Waals surface area contributed by atoms with E-state index in [1.807, 2.05) is 12.1 Å². The minimum Gasteiger partial charge on any atom is -0.493 e. The molecule has 9 heteroatoms. The SMILES string of the molecule is COc1ccc(CN2C=C(c3cc(C(F)F)nc(SC)n3)C=C(F)C2)cc1OC. The summed E-state index contributed by atoms with van der Waals surface area (Å²) in [5.41, 5.74) is 1.17.